The Labute approximate surface area is 113 Å². The first-order chi connectivity index (χ1) is 8.75. The average Bonchev–Trinajstić information content (AvgIpc) is 2.36. The van der Waals surface area contributed by atoms with Gasteiger partial charge in [-0.15, -0.1) is 0 Å². The number of methoxy groups -OCH3 is 1. The van der Waals surface area contributed by atoms with E-state index in [0.717, 1.165) is 6.26 Å². The summed E-state index contributed by atoms with van der Waals surface area (Å²) in [6.45, 7) is 2.22. The van der Waals surface area contributed by atoms with Crippen LogP contribution in [0.1, 0.15) is 19.8 Å². The van der Waals surface area contributed by atoms with Crippen molar-refractivity contribution in [3.63, 3.8) is 0 Å². The van der Waals surface area contributed by atoms with Gasteiger partial charge in [0.1, 0.15) is 6.04 Å². The highest BCUT2D eigenvalue weighted by Gasteiger charge is 2.30. The van der Waals surface area contributed by atoms with Gasteiger partial charge in [-0.25, -0.2) is 17.5 Å². The van der Waals surface area contributed by atoms with Crippen molar-refractivity contribution in [3.05, 3.63) is 0 Å². The van der Waals surface area contributed by atoms with E-state index in [0.29, 0.717) is 25.9 Å². The van der Waals surface area contributed by atoms with Crippen LogP contribution in [0.15, 0.2) is 0 Å². The molecule has 1 N–H and O–H groups in total. The van der Waals surface area contributed by atoms with Crippen LogP contribution in [0.5, 0.6) is 0 Å². The van der Waals surface area contributed by atoms with E-state index in [4.69, 9.17) is 0 Å². The summed E-state index contributed by atoms with van der Waals surface area (Å²) in [5.74, 6) is -0.988. The number of nitrogens with one attached hydrogen (secondary N) is 1. The quantitative estimate of drug-likeness (QED) is 0.694. The van der Waals surface area contributed by atoms with Crippen molar-refractivity contribution in [2.24, 2.45) is 5.92 Å². The van der Waals surface area contributed by atoms with Gasteiger partial charge in [0.15, 0.2) is 0 Å². The highest BCUT2D eigenvalue weighted by atomic mass is 32.2. The highest BCUT2D eigenvalue weighted by molar-refractivity contribution is 7.88. The topological polar surface area (TPSA) is 92.8 Å². The molecular formula is C11H20N2O5S. The Morgan fingerprint density at radius 2 is 1.84 bits per heavy atom. The molecule has 0 spiro atoms. The number of sulfonamides is 1. The number of nitrogens with zero attached hydrogens (tertiary/aromatic N) is 1. The summed E-state index contributed by atoms with van der Waals surface area (Å²) in [4.78, 5) is 23.1. The average molecular weight is 292 g/mol. The maximum atomic E-state index is 11.9. The van der Waals surface area contributed by atoms with Gasteiger partial charge < -0.3 is 10.1 Å². The summed E-state index contributed by atoms with van der Waals surface area (Å²) < 4.78 is 28.5. The molecule has 1 fully saturated rings. The van der Waals surface area contributed by atoms with Crippen molar-refractivity contribution >= 4 is 21.9 Å². The van der Waals surface area contributed by atoms with Gasteiger partial charge in [0.2, 0.25) is 15.9 Å². The maximum Gasteiger partial charge on any atom is 0.328 e. The summed E-state index contributed by atoms with van der Waals surface area (Å²) in [6, 6.07) is -0.689. The van der Waals surface area contributed by atoms with E-state index in [-0.39, 0.29) is 11.8 Å². The Morgan fingerprint density at radius 1 is 1.32 bits per heavy atom. The molecule has 1 heterocycles. The number of carbonyl (C=O) groups is 2. The Bertz CT molecular complexity index is 440. The molecule has 19 heavy (non-hydrogen) atoms. The second-order valence-electron chi connectivity index (χ2n) is 4.69. The van der Waals surface area contributed by atoms with Gasteiger partial charge in [-0.2, -0.15) is 0 Å². The van der Waals surface area contributed by atoms with E-state index in [1.54, 1.807) is 6.92 Å². The number of hydrogen-bond acceptors (Lipinski definition) is 5. The molecule has 0 radical (unpaired) electrons. The fourth-order valence-corrected chi connectivity index (χ4v) is 2.89. The maximum absolute atomic E-state index is 11.9. The predicted molar refractivity (Wildman–Crippen MR) is 68.8 cm³/mol. The van der Waals surface area contributed by atoms with Crippen molar-refractivity contribution < 1.29 is 22.7 Å². The molecular weight excluding hydrogens is 272 g/mol. The number of esters is 1. The van der Waals surface area contributed by atoms with E-state index < -0.39 is 22.0 Å². The van der Waals surface area contributed by atoms with Crippen molar-refractivity contribution in [1.82, 2.24) is 9.62 Å². The van der Waals surface area contributed by atoms with Gasteiger partial charge in [0.05, 0.1) is 13.4 Å². The first-order valence-corrected chi connectivity index (χ1v) is 7.94. The van der Waals surface area contributed by atoms with E-state index in [1.807, 2.05) is 0 Å². The second kappa shape index (κ2) is 6.33. The van der Waals surface area contributed by atoms with Crippen LogP contribution in [0.2, 0.25) is 0 Å². The molecule has 110 valence electrons. The van der Waals surface area contributed by atoms with Crippen molar-refractivity contribution in [1.29, 1.82) is 0 Å². The minimum absolute atomic E-state index is 0.231. The van der Waals surface area contributed by atoms with Crippen molar-refractivity contribution in [3.8, 4) is 0 Å². The van der Waals surface area contributed by atoms with Crippen LogP contribution in [0.3, 0.4) is 0 Å². The summed E-state index contributed by atoms with van der Waals surface area (Å²) in [5.41, 5.74) is 0. The zero-order valence-electron chi connectivity index (χ0n) is 11.4. The highest BCUT2D eigenvalue weighted by Crippen LogP contribution is 2.19. The molecule has 1 rings (SSSR count). The summed E-state index contributed by atoms with van der Waals surface area (Å²) in [5, 5.41) is 2.57. The van der Waals surface area contributed by atoms with Gasteiger partial charge in [0, 0.05) is 19.0 Å². The lowest BCUT2D eigenvalue weighted by atomic mass is 9.97. The largest absolute Gasteiger partial charge is 0.467 e. The van der Waals surface area contributed by atoms with Gasteiger partial charge in [-0.1, -0.05) is 0 Å². The Morgan fingerprint density at radius 3 is 2.26 bits per heavy atom. The van der Waals surface area contributed by atoms with Gasteiger partial charge >= 0.3 is 5.97 Å². The number of rotatable bonds is 4. The third kappa shape index (κ3) is 4.46. The zero-order chi connectivity index (χ0) is 14.6. The molecule has 0 bridgehead atoms. The summed E-state index contributed by atoms with van der Waals surface area (Å²) in [7, 11) is -1.93. The first kappa shape index (κ1) is 15.9. The number of piperidine rings is 1. The van der Waals surface area contributed by atoms with E-state index in [1.165, 1.54) is 11.4 Å². The van der Waals surface area contributed by atoms with Crippen LogP contribution in [0.4, 0.5) is 0 Å². The molecule has 0 aromatic heterocycles. The SMILES string of the molecule is COC(=O)C(C)NC(=O)C1CCN(S(C)(=O)=O)CC1. The monoisotopic (exact) mass is 292 g/mol. The normalized spacial score (nSPS) is 19.7. The Kier molecular flexibility index (Phi) is 5.30. The second-order valence-corrected chi connectivity index (χ2v) is 6.67. The van der Waals surface area contributed by atoms with E-state index in [9.17, 15) is 18.0 Å². The van der Waals surface area contributed by atoms with Crippen molar-refractivity contribution in [2.75, 3.05) is 26.5 Å². The number of hydrogen-bond donors (Lipinski definition) is 1. The smallest absolute Gasteiger partial charge is 0.328 e. The van der Waals surface area contributed by atoms with E-state index in [2.05, 4.69) is 10.1 Å². The lowest BCUT2D eigenvalue weighted by Gasteiger charge is -2.29. The standard InChI is InChI=1S/C11H20N2O5S/c1-8(11(15)18-2)12-10(14)9-4-6-13(7-5-9)19(3,16)17/h8-9H,4-7H2,1-3H3,(H,12,14). The molecule has 0 aliphatic carbocycles. The third-order valence-corrected chi connectivity index (χ3v) is 4.51. The van der Waals surface area contributed by atoms with Crippen molar-refractivity contribution in [2.45, 2.75) is 25.8 Å². The van der Waals surface area contributed by atoms with Crippen LogP contribution >= 0.6 is 0 Å². The summed E-state index contributed by atoms with van der Waals surface area (Å²) >= 11 is 0. The predicted octanol–water partition coefficient (Wildman–Crippen LogP) is -0.664. The zero-order valence-corrected chi connectivity index (χ0v) is 12.2. The molecule has 0 aromatic rings. The fourth-order valence-electron chi connectivity index (χ4n) is 2.02. The van der Waals surface area contributed by atoms with Crippen LogP contribution in [0, 0.1) is 5.92 Å². The molecule has 1 saturated heterocycles. The molecule has 1 aliphatic rings. The molecule has 1 atom stereocenters. The Balaban J connectivity index is 2.47. The lowest BCUT2D eigenvalue weighted by molar-refractivity contribution is -0.145. The van der Waals surface area contributed by atoms with Crippen LogP contribution in [-0.2, 0) is 24.3 Å². The van der Waals surface area contributed by atoms with Gasteiger partial charge in [0.25, 0.3) is 0 Å². The minimum Gasteiger partial charge on any atom is -0.467 e. The molecule has 1 aliphatic heterocycles. The van der Waals surface area contributed by atoms with Crippen LogP contribution < -0.4 is 5.32 Å². The molecule has 8 heteroatoms. The lowest BCUT2D eigenvalue weighted by Crippen LogP contribution is -2.46. The molecule has 1 unspecified atom stereocenters. The molecule has 0 saturated carbocycles. The fraction of sp³-hybridized carbons (Fsp3) is 0.818. The Hall–Kier alpha value is -1.15. The summed E-state index contributed by atoms with van der Waals surface area (Å²) in [6.07, 6.45) is 2.09. The number of ether oxygens (including phenoxy) is 1. The van der Waals surface area contributed by atoms with E-state index >= 15 is 0 Å². The van der Waals surface area contributed by atoms with Gasteiger partial charge in [-0.3, -0.25) is 4.79 Å². The van der Waals surface area contributed by atoms with Crippen LogP contribution in [0.25, 0.3) is 0 Å². The molecule has 7 nitrogen and oxygen atoms in total. The van der Waals surface area contributed by atoms with Gasteiger partial charge in [-0.05, 0) is 19.8 Å². The number of carbonyl (C=O) groups excluding carboxylic acids is 2. The number of amides is 1. The third-order valence-electron chi connectivity index (χ3n) is 3.21. The van der Waals surface area contributed by atoms with Crippen LogP contribution in [-0.4, -0.2) is 57.1 Å². The molecule has 1 amide bonds. The first-order valence-electron chi connectivity index (χ1n) is 6.09. The minimum atomic E-state index is -3.19. The molecule has 0 aromatic carbocycles.